The molecular formula is C11H17N3O2. The van der Waals surface area contributed by atoms with Gasteiger partial charge in [0, 0.05) is 11.6 Å². The molecule has 88 valence electrons. The van der Waals surface area contributed by atoms with E-state index in [0.717, 1.165) is 0 Å². The first-order valence-electron chi connectivity index (χ1n) is 5.29. The van der Waals surface area contributed by atoms with Crippen molar-refractivity contribution < 1.29 is 4.92 Å². The van der Waals surface area contributed by atoms with Gasteiger partial charge in [0.05, 0.1) is 4.92 Å². The fourth-order valence-electron chi connectivity index (χ4n) is 1.22. The fourth-order valence-corrected chi connectivity index (χ4v) is 1.22. The van der Waals surface area contributed by atoms with Crippen molar-refractivity contribution in [3.8, 4) is 0 Å². The first-order valence-corrected chi connectivity index (χ1v) is 5.29. The van der Waals surface area contributed by atoms with Crippen LogP contribution >= 0.6 is 0 Å². The molecule has 0 aliphatic rings. The van der Waals surface area contributed by atoms with Gasteiger partial charge in [-0.25, -0.2) is 4.98 Å². The van der Waals surface area contributed by atoms with Crippen LogP contribution < -0.4 is 5.32 Å². The van der Waals surface area contributed by atoms with Crippen molar-refractivity contribution in [3.05, 3.63) is 27.9 Å². The number of nitro groups is 1. The van der Waals surface area contributed by atoms with Gasteiger partial charge in [0.1, 0.15) is 12.0 Å². The van der Waals surface area contributed by atoms with Gasteiger partial charge in [-0.1, -0.05) is 13.8 Å². The summed E-state index contributed by atoms with van der Waals surface area (Å²) in [4.78, 5) is 14.2. The number of aryl methyl sites for hydroxylation is 1. The Kier molecular flexibility index (Phi) is 3.82. The van der Waals surface area contributed by atoms with Gasteiger partial charge in [-0.05, 0) is 25.8 Å². The van der Waals surface area contributed by atoms with E-state index in [1.54, 1.807) is 13.0 Å². The highest BCUT2D eigenvalue weighted by Crippen LogP contribution is 2.19. The van der Waals surface area contributed by atoms with Gasteiger partial charge in [-0.2, -0.15) is 0 Å². The lowest BCUT2D eigenvalue weighted by atomic mass is 10.1. The molecule has 0 aromatic carbocycles. The Balaban J connectivity index is 2.85. The number of hydrogen-bond donors (Lipinski definition) is 1. The zero-order valence-electron chi connectivity index (χ0n) is 10.0. The van der Waals surface area contributed by atoms with Crippen molar-refractivity contribution in [2.75, 3.05) is 5.32 Å². The maximum absolute atomic E-state index is 10.6. The Morgan fingerprint density at radius 2 is 2.06 bits per heavy atom. The average molecular weight is 223 g/mol. The number of nitrogens with one attached hydrogen (secondary N) is 1. The van der Waals surface area contributed by atoms with Gasteiger partial charge in [0.25, 0.3) is 5.69 Å². The Morgan fingerprint density at radius 1 is 1.44 bits per heavy atom. The molecule has 0 spiro atoms. The van der Waals surface area contributed by atoms with Gasteiger partial charge in [-0.3, -0.25) is 10.1 Å². The number of hydrogen-bond acceptors (Lipinski definition) is 4. The molecular weight excluding hydrogens is 206 g/mol. The number of anilines is 1. The van der Waals surface area contributed by atoms with Gasteiger partial charge in [0.15, 0.2) is 0 Å². The quantitative estimate of drug-likeness (QED) is 0.629. The Hall–Kier alpha value is -1.65. The minimum Gasteiger partial charge on any atom is -0.367 e. The lowest BCUT2D eigenvalue weighted by Crippen LogP contribution is -2.22. The summed E-state index contributed by atoms with van der Waals surface area (Å²) in [6.07, 6.45) is 1.30. The summed E-state index contributed by atoms with van der Waals surface area (Å²) in [7, 11) is 0. The van der Waals surface area contributed by atoms with Crippen molar-refractivity contribution in [2.24, 2.45) is 5.92 Å². The Morgan fingerprint density at radius 3 is 2.50 bits per heavy atom. The monoisotopic (exact) mass is 223 g/mol. The maximum Gasteiger partial charge on any atom is 0.290 e. The second-order valence-electron chi connectivity index (χ2n) is 4.29. The SMILES string of the molecule is Cc1cc(NC(C)C(C)C)ncc1[N+](=O)[O-]. The molecule has 0 bridgehead atoms. The van der Waals surface area contributed by atoms with Crippen LogP contribution in [0.15, 0.2) is 12.3 Å². The van der Waals surface area contributed by atoms with Crippen LogP contribution in [0.3, 0.4) is 0 Å². The lowest BCUT2D eigenvalue weighted by molar-refractivity contribution is -0.385. The van der Waals surface area contributed by atoms with Crippen LogP contribution in [0.4, 0.5) is 11.5 Å². The van der Waals surface area contributed by atoms with Crippen LogP contribution in [-0.4, -0.2) is 15.9 Å². The first-order chi connectivity index (χ1) is 7.41. The van der Waals surface area contributed by atoms with E-state index < -0.39 is 4.92 Å². The van der Waals surface area contributed by atoms with E-state index in [1.807, 2.05) is 0 Å². The summed E-state index contributed by atoms with van der Waals surface area (Å²) in [6, 6.07) is 1.99. The summed E-state index contributed by atoms with van der Waals surface area (Å²) in [5, 5.41) is 13.8. The summed E-state index contributed by atoms with van der Waals surface area (Å²) in [6.45, 7) is 7.99. The number of rotatable bonds is 4. The minimum atomic E-state index is -0.419. The maximum atomic E-state index is 10.6. The van der Waals surface area contributed by atoms with Crippen LogP contribution in [-0.2, 0) is 0 Å². The second kappa shape index (κ2) is 4.92. The number of pyridine rings is 1. The third kappa shape index (κ3) is 2.92. The van der Waals surface area contributed by atoms with Crippen LogP contribution in [0, 0.1) is 23.0 Å². The fraction of sp³-hybridized carbons (Fsp3) is 0.545. The van der Waals surface area contributed by atoms with Crippen LogP contribution in [0.25, 0.3) is 0 Å². The van der Waals surface area contributed by atoms with Crippen molar-refractivity contribution in [1.29, 1.82) is 0 Å². The predicted molar refractivity (Wildman–Crippen MR) is 63.6 cm³/mol. The molecule has 5 nitrogen and oxygen atoms in total. The highest BCUT2D eigenvalue weighted by atomic mass is 16.6. The van der Waals surface area contributed by atoms with Gasteiger partial charge < -0.3 is 5.32 Å². The second-order valence-corrected chi connectivity index (χ2v) is 4.29. The largest absolute Gasteiger partial charge is 0.367 e. The van der Waals surface area contributed by atoms with Crippen LogP contribution in [0.1, 0.15) is 26.3 Å². The Labute approximate surface area is 95.0 Å². The molecule has 0 fully saturated rings. The van der Waals surface area contributed by atoms with Gasteiger partial charge >= 0.3 is 0 Å². The molecule has 0 saturated heterocycles. The third-order valence-corrected chi connectivity index (χ3v) is 2.66. The first kappa shape index (κ1) is 12.4. The van der Waals surface area contributed by atoms with E-state index in [2.05, 4.69) is 31.1 Å². The zero-order chi connectivity index (χ0) is 12.3. The smallest absolute Gasteiger partial charge is 0.290 e. The number of nitrogens with zero attached hydrogens (tertiary/aromatic N) is 2. The molecule has 16 heavy (non-hydrogen) atoms. The van der Waals surface area contributed by atoms with Crippen LogP contribution in [0.5, 0.6) is 0 Å². The third-order valence-electron chi connectivity index (χ3n) is 2.66. The summed E-state index contributed by atoms with van der Waals surface area (Å²) >= 11 is 0. The molecule has 1 aromatic heterocycles. The molecule has 0 aliphatic heterocycles. The van der Waals surface area contributed by atoms with E-state index in [9.17, 15) is 10.1 Å². The normalized spacial score (nSPS) is 12.6. The molecule has 1 aromatic rings. The van der Waals surface area contributed by atoms with Crippen molar-refractivity contribution in [1.82, 2.24) is 4.98 Å². The molecule has 1 atom stereocenters. The summed E-state index contributed by atoms with van der Waals surface area (Å²) < 4.78 is 0. The highest BCUT2D eigenvalue weighted by Gasteiger charge is 2.13. The molecule has 1 rings (SSSR count). The minimum absolute atomic E-state index is 0.0581. The standard InChI is InChI=1S/C11H17N3O2/c1-7(2)9(4)13-11-5-8(3)10(6-12-11)14(15)16/h5-7,9H,1-4H3,(H,12,13). The molecule has 0 saturated carbocycles. The molecule has 0 amide bonds. The topological polar surface area (TPSA) is 68.1 Å². The van der Waals surface area contributed by atoms with Crippen molar-refractivity contribution >= 4 is 11.5 Å². The average Bonchev–Trinajstić information content (AvgIpc) is 2.16. The predicted octanol–water partition coefficient (Wildman–Crippen LogP) is 2.75. The Bertz CT molecular complexity index is 391. The van der Waals surface area contributed by atoms with E-state index in [4.69, 9.17) is 0 Å². The summed E-state index contributed by atoms with van der Waals surface area (Å²) in [5.41, 5.74) is 0.682. The van der Waals surface area contributed by atoms with Gasteiger partial charge in [-0.15, -0.1) is 0 Å². The molecule has 1 N–H and O–H groups in total. The number of aromatic nitrogens is 1. The van der Waals surface area contributed by atoms with E-state index in [0.29, 0.717) is 17.3 Å². The van der Waals surface area contributed by atoms with E-state index in [1.165, 1.54) is 6.20 Å². The molecule has 0 aliphatic carbocycles. The molecule has 1 heterocycles. The molecule has 1 unspecified atom stereocenters. The lowest BCUT2D eigenvalue weighted by Gasteiger charge is -2.18. The van der Waals surface area contributed by atoms with Crippen molar-refractivity contribution in [2.45, 2.75) is 33.7 Å². The van der Waals surface area contributed by atoms with Crippen LogP contribution in [0.2, 0.25) is 0 Å². The zero-order valence-corrected chi connectivity index (χ0v) is 10.0. The van der Waals surface area contributed by atoms with Crippen molar-refractivity contribution in [3.63, 3.8) is 0 Å². The molecule has 0 radical (unpaired) electrons. The summed E-state index contributed by atoms with van der Waals surface area (Å²) in [5.74, 6) is 1.17. The molecule has 5 heteroatoms. The van der Waals surface area contributed by atoms with E-state index in [-0.39, 0.29) is 11.7 Å². The highest BCUT2D eigenvalue weighted by molar-refractivity contribution is 5.47. The van der Waals surface area contributed by atoms with E-state index >= 15 is 0 Å². The van der Waals surface area contributed by atoms with Gasteiger partial charge in [0.2, 0.25) is 0 Å².